The Bertz CT molecular complexity index is 1100. The Labute approximate surface area is 189 Å². The maximum atomic E-state index is 5.61. The van der Waals surface area contributed by atoms with Crippen LogP contribution >= 0.6 is 0 Å². The van der Waals surface area contributed by atoms with Crippen molar-refractivity contribution in [3.63, 3.8) is 0 Å². The van der Waals surface area contributed by atoms with Gasteiger partial charge >= 0.3 is 0 Å². The lowest BCUT2D eigenvalue weighted by molar-refractivity contribution is 0.0904. The smallest absolute Gasteiger partial charge is 0.176 e. The number of ether oxygens (including phenoxy) is 3. The van der Waals surface area contributed by atoms with E-state index in [1.54, 1.807) is 14.2 Å². The molecule has 1 saturated heterocycles. The van der Waals surface area contributed by atoms with Crippen LogP contribution in [0.3, 0.4) is 0 Å². The van der Waals surface area contributed by atoms with Crippen LogP contribution in [0.5, 0.6) is 11.5 Å². The highest BCUT2D eigenvalue weighted by Crippen LogP contribution is 2.33. The summed E-state index contributed by atoms with van der Waals surface area (Å²) in [7, 11) is 3.27. The third-order valence-corrected chi connectivity index (χ3v) is 5.36. The van der Waals surface area contributed by atoms with Crippen molar-refractivity contribution >= 4 is 5.69 Å². The summed E-state index contributed by atoms with van der Waals surface area (Å²) in [6.07, 6.45) is 7.87. The van der Waals surface area contributed by atoms with Gasteiger partial charge in [-0.25, -0.2) is 9.97 Å². The summed E-state index contributed by atoms with van der Waals surface area (Å²) in [5, 5.41) is 3.59. The Balaban J connectivity index is 1.59. The molecule has 3 aromatic rings. The zero-order valence-electron chi connectivity index (χ0n) is 18.4. The summed E-state index contributed by atoms with van der Waals surface area (Å²) in [4.78, 5) is 8.20. The number of aromatic nitrogens is 2. The SMILES string of the molecule is COc1cc(Cc2cncnc2)cc(C#Cc2cccc(NC3CCOCC3)c2)c1OC. The van der Waals surface area contributed by atoms with Gasteiger partial charge in [0.2, 0.25) is 0 Å². The Morgan fingerprint density at radius 1 is 1.00 bits per heavy atom. The van der Waals surface area contributed by atoms with Crippen LogP contribution in [0.15, 0.2) is 55.1 Å². The summed E-state index contributed by atoms with van der Waals surface area (Å²) in [6.45, 7) is 1.62. The highest BCUT2D eigenvalue weighted by Gasteiger charge is 2.14. The summed E-state index contributed by atoms with van der Waals surface area (Å²) >= 11 is 0. The van der Waals surface area contributed by atoms with Gasteiger partial charge in [0.1, 0.15) is 6.33 Å². The molecule has 0 atom stereocenters. The van der Waals surface area contributed by atoms with Crippen LogP contribution in [0, 0.1) is 11.8 Å². The minimum Gasteiger partial charge on any atom is -0.493 e. The van der Waals surface area contributed by atoms with Crippen LogP contribution < -0.4 is 14.8 Å². The normalized spacial score (nSPS) is 13.7. The molecule has 2 aromatic carbocycles. The lowest BCUT2D eigenvalue weighted by Crippen LogP contribution is -2.27. The molecule has 0 radical (unpaired) electrons. The van der Waals surface area contributed by atoms with E-state index in [2.05, 4.69) is 39.3 Å². The monoisotopic (exact) mass is 429 g/mol. The fourth-order valence-corrected chi connectivity index (χ4v) is 3.78. The lowest BCUT2D eigenvalue weighted by atomic mass is 10.0. The maximum absolute atomic E-state index is 5.61. The molecule has 1 aliphatic heterocycles. The molecule has 0 amide bonds. The van der Waals surface area contributed by atoms with Crippen molar-refractivity contribution in [3.8, 4) is 23.3 Å². The van der Waals surface area contributed by atoms with Gasteiger partial charge in [-0.05, 0) is 54.3 Å². The van der Waals surface area contributed by atoms with Crippen LogP contribution in [0.25, 0.3) is 0 Å². The van der Waals surface area contributed by atoms with E-state index in [9.17, 15) is 0 Å². The van der Waals surface area contributed by atoms with E-state index in [-0.39, 0.29) is 0 Å². The molecule has 1 aliphatic rings. The van der Waals surface area contributed by atoms with E-state index in [4.69, 9.17) is 14.2 Å². The first-order valence-electron chi connectivity index (χ1n) is 10.7. The molecule has 1 N–H and O–H groups in total. The number of anilines is 1. The van der Waals surface area contributed by atoms with Gasteiger partial charge < -0.3 is 19.5 Å². The van der Waals surface area contributed by atoms with Gasteiger partial charge in [-0.2, -0.15) is 0 Å². The molecule has 1 aromatic heterocycles. The first-order valence-corrected chi connectivity index (χ1v) is 10.7. The molecule has 6 heteroatoms. The molecular weight excluding hydrogens is 402 g/mol. The maximum Gasteiger partial charge on any atom is 0.176 e. The Morgan fingerprint density at radius 3 is 2.56 bits per heavy atom. The number of rotatable bonds is 6. The van der Waals surface area contributed by atoms with Gasteiger partial charge in [-0.15, -0.1) is 0 Å². The predicted molar refractivity (Wildman–Crippen MR) is 124 cm³/mol. The van der Waals surface area contributed by atoms with Gasteiger partial charge in [0.15, 0.2) is 11.5 Å². The molecule has 0 unspecified atom stereocenters. The second kappa shape index (κ2) is 10.7. The second-order valence-electron chi connectivity index (χ2n) is 7.66. The molecule has 6 nitrogen and oxygen atoms in total. The van der Waals surface area contributed by atoms with E-state index in [0.29, 0.717) is 24.0 Å². The first-order chi connectivity index (χ1) is 15.7. The van der Waals surface area contributed by atoms with Crippen LogP contribution in [-0.2, 0) is 11.2 Å². The van der Waals surface area contributed by atoms with Gasteiger partial charge in [0.25, 0.3) is 0 Å². The van der Waals surface area contributed by atoms with Crippen molar-refractivity contribution in [1.82, 2.24) is 9.97 Å². The lowest BCUT2D eigenvalue weighted by Gasteiger charge is -2.24. The van der Waals surface area contributed by atoms with Gasteiger partial charge in [-0.3, -0.25) is 0 Å². The van der Waals surface area contributed by atoms with E-state index < -0.39 is 0 Å². The molecular formula is C26H27N3O3. The van der Waals surface area contributed by atoms with Crippen LogP contribution in [0.2, 0.25) is 0 Å². The molecule has 0 bridgehead atoms. The molecule has 0 spiro atoms. The first kappa shape index (κ1) is 21.7. The van der Waals surface area contributed by atoms with Gasteiger partial charge in [0, 0.05) is 49.3 Å². The van der Waals surface area contributed by atoms with E-state index >= 15 is 0 Å². The number of benzene rings is 2. The molecule has 164 valence electrons. The number of methoxy groups -OCH3 is 2. The predicted octanol–water partition coefficient (Wildman–Crippen LogP) is 4.08. The van der Waals surface area contributed by atoms with Crippen molar-refractivity contribution in [2.75, 3.05) is 32.8 Å². The van der Waals surface area contributed by atoms with E-state index in [1.165, 1.54) is 6.33 Å². The summed E-state index contributed by atoms with van der Waals surface area (Å²) in [5.74, 6) is 7.84. The fourth-order valence-electron chi connectivity index (χ4n) is 3.78. The highest BCUT2D eigenvalue weighted by molar-refractivity contribution is 5.59. The van der Waals surface area contributed by atoms with Crippen molar-refractivity contribution in [3.05, 3.63) is 77.4 Å². The summed E-state index contributed by atoms with van der Waals surface area (Å²) < 4.78 is 16.6. The van der Waals surface area contributed by atoms with Crippen molar-refractivity contribution < 1.29 is 14.2 Å². The zero-order chi connectivity index (χ0) is 22.2. The third kappa shape index (κ3) is 5.57. The van der Waals surface area contributed by atoms with Gasteiger partial charge in [0.05, 0.1) is 19.8 Å². The van der Waals surface area contributed by atoms with Crippen molar-refractivity contribution in [2.45, 2.75) is 25.3 Å². The summed E-state index contributed by atoms with van der Waals surface area (Å²) in [5.41, 5.74) is 4.86. The average Bonchev–Trinajstić information content (AvgIpc) is 2.84. The molecule has 2 heterocycles. The third-order valence-electron chi connectivity index (χ3n) is 5.36. The average molecular weight is 430 g/mol. The number of nitrogens with one attached hydrogen (secondary N) is 1. The number of nitrogens with zero attached hydrogens (tertiary/aromatic N) is 2. The van der Waals surface area contributed by atoms with Crippen molar-refractivity contribution in [2.24, 2.45) is 0 Å². The minimum atomic E-state index is 0.440. The van der Waals surface area contributed by atoms with Crippen molar-refractivity contribution in [1.29, 1.82) is 0 Å². The highest BCUT2D eigenvalue weighted by atomic mass is 16.5. The Hall–Kier alpha value is -3.56. The number of hydrogen-bond donors (Lipinski definition) is 1. The molecule has 0 saturated carbocycles. The fraction of sp³-hybridized carbons (Fsp3) is 0.308. The molecule has 32 heavy (non-hydrogen) atoms. The van der Waals surface area contributed by atoms with Crippen LogP contribution in [0.4, 0.5) is 5.69 Å². The quantitative estimate of drug-likeness (QED) is 0.596. The molecule has 0 aliphatic carbocycles. The largest absolute Gasteiger partial charge is 0.493 e. The van der Waals surface area contributed by atoms with E-state index in [0.717, 1.165) is 54.0 Å². The van der Waals surface area contributed by atoms with E-state index in [1.807, 2.05) is 36.7 Å². The molecule has 1 fully saturated rings. The topological polar surface area (TPSA) is 65.5 Å². The number of hydrogen-bond acceptors (Lipinski definition) is 6. The molecule has 4 rings (SSSR count). The van der Waals surface area contributed by atoms with Crippen LogP contribution in [-0.4, -0.2) is 43.4 Å². The van der Waals surface area contributed by atoms with Crippen LogP contribution in [0.1, 0.15) is 35.1 Å². The second-order valence-corrected chi connectivity index (χ2v) is 7.66. The summed E-state index contributed by atoms with van der Waals surface area (Å²) in [6, 6.07) is 12.6. The Morgan fingerprint density at radius 2 is 1.81 bits per heavy atom. The Kier molecular flexibility index (Phi) is 7.21. The standard InChI is InChI=1S/C26H27N3O3/c1-30-25-15-20(12-21-16-27-18-28-17-21)13-22(26(25)31-2)7-6-19-4-3-5-24(14-19)29-23-8-10-32-11-9-23/h3-5,13-18,23,29H,8-12H2,1-2H3. The van der Waals surface area contributed by atoms with Gasteiger partial charge in [-0.1, -0.05) is 17.9 Å². The zero-order valence-corrected chi connectivity index (χ0v) is 18.4. The minimum absolute atomic E-state index is 0.440.